The molecule has 1 saturated heterocycles. The minimum atomic E-state index is -0.789. The summed E-state index contributed by atoms with van der Waals surface area (Å²) >= 11 is 0. The molecule has 1 aliphatic heterocycles. The summed E-state index contributed by atoms with van der Waals surface area (Å²) in [4.78, 5) is 11.0. The van der Waals surface area contributed by atoms with Crippen molar-refractivity contribution >= 4 is 5.97 Å². The fourth-order valence-corrected chi connectivity index (χ4v) is 2.70. The molecule has 0 bridgehead atoms. The van der Waals surface area contributed by atoms with Crippen LogP contribution < -0.4 is 5.32 Å². The van der Waals surface area contributed by atoms with E-state index in [4.69, 9.17) is 5.11 Å². The Morgan fingerprint density at radius 1 is 1.33 bits per heavy atom. The van der Waals surface area contributed by atoms with Crippen molar-refractivity contribution in [2.24, 2.45) is 5.92 Å². The Balaban J connectivity index is 2.17. The molecule has 0 spiro atoms. The topological polar surface area (TPSA) is 49.3 Å². The van der Waals surface area contributed by atoms with Gasteiger partial charge in [0.05, 0.1) is 6.42 Å². The zero-order valence-electron chi connectivity index (χ0n) is 10.2. The Kier molecular flexibility index (Phi) is 4.31. The van der Waals surface area contributed by atoms with Crippen LogP contribution in [0.3, 0.4) is 0 Å². The molecule has 0 saturated carbocycles. The minimum absolute atomic E-state index is 0.00907. The van der Waals surface area contributed by atoms with Gasteiger partial charge in [0, 0.05) is 0 Å². The van der Waals surface area contributed by atoms with Crippen LogP contribution >= 0.6 is 0 Å². The van der Waals surface area contributed by atoms with Gasteiger partial charge in [-0.05, 0) is 55.5 Å². The molecule has 98 valence electrons. The van der Waals surface area contributed by atoms with Gasteiger partial charge in [-0.15, -0.1) is 0 Å². The van der Waals surface area contributed by atoms with E-state index < -0.39 is 5.97 Å². The first-order valence-corrected chi connectivity index (χ1v) is 6.35. The average Bonchev–Trinajstić information content (AvgIpc) is 2.38. The van der Waals surface area contributed by atoms with Crippen molar-refractivity contribution in [3.05, 3.63) is 35.6 Å². The highest BCUT2D eigenvalue weighted by Gasteiger charge is 2.26. The number of nitrogens with one attached hydrogen (secondary N) is 1. The van der Waals surface area contributed by atoms with Crippen LogP contribution in [-0.2, 0) is 4.79 Å². The van der Waals surface area contributed by atoms with Gasteiger partial charge in [-0.1, -0.05) is 12.1 Å². The molecule has 1 fully saturated rings. The quantitative estimate of drug-likeness (QED) is 0.863. The number of carbonyl (C=O) groups is 1. The number of benzene rings is 1. The summed E-state index contributed by atoms with van der Waals surface area (Å²) in [6, 6.07) is 6.24. The van der Waals surface area contributed by atoms with Crippen molar-refractivity contribution in [2.75, 3.05) is 13.1 Å². The van der Waals surface area contributed by atoms with E-state index in [2.05, 4.69) is 5.32 Å². The zero-order chi connectivity index (χ0) is 13.0. The third-order valence-corrected chi connectivity index (χ3v) is 3.65. The molecule has 3 nitrogen and oxygen atoms in total. The molecule has 0 amide bonds. The zero-order valence-corrected chi connectivity index (χ0v) is 10.2. The van der Waals surface area contributed by atoms with Crippen molar-refractivity contribution in [1.29, 1.82) is 0 Å². The van der Waals surface area contributed by atoms with Crippen LogP contribution in [0.15, 0.2) is 24.3 Å². The third kappa shape index (κ3) is 3.29. The summed E-state index contributed by atoms with van der Waals surface area (Å²) < 4.78 is 12.9. The second-order valence-electron chi connectivity index (χ2n) is 4.84. The highest BCUT2D eigenvalue weighted by molar-refractivity contribution is 5.68. The lowest BCUT2D eigenvalue weighted by atomic mass is 9.78. The fourth-order valence-electron chi connectivity index (χ4n) is 2.70. The summed E-state index contributed by atoms with van der Waals surface area (Å²) in [5.41, 5.74) is 0.936. The van der Waals surface area contributed by atoms with Crippen molar-refractivity contribution in [3.8, 4) is 0 Å². The molecule has 0 radical (unpaired) electrons. The second kappa shape index (κ2) is 5.96. The van der Waals surface area contributed by atoms with Crippen LogP contribution in [0.1, 0.15) is 30.7 Å². The smallest absolute Gasteiger partial charge is 0.303 e. The number of hydrogen-bond donors (Lipinski definition) is 2. The maximum absolute atomic E-state index is 12.9. The van der Waals surface area contributed by atoms with Gasteiger partial charge in [-0.3, -0.25) is 4.79 Å². The summed E-state index contributed by atoms with van der Waals surface area (Å²) in [6.07, 6.45) is 2.08. The minimum Gasteiger partial charge on any atom is -0.481 e. The maximum Gasteiger partial charge on any atom is 0.303 e. The van der Waals surface area contributed by atoms with Crippen LogP contribution in [0.2, 0.25) is 0 Å². The molecule has 1 aromatic rings. The second-order valence-corrected chi connectivity index (χ2v) is 4.84. The molecular weight excluding hydrogens is 233 g/mol. The molecule has 4 heteroatoms. The fraction of sp³-hybridized carbons (Fsp3) is 0.500. The maximum atomic E-state index is 12.9. The highest BCUT2D eigenvalue weighted by Crippen LogP contribution is 2.33. The molecule has 0 unspecified atom stereocenters. The first-order valence-electron chi connectivity index (χ1n) is 6.35. The van der Waals surface area contributed by atoms with Crippen LogP contribution in [0.25, 0.3) is 0 Å². The monoisotopic (exact) mass is 251 g/mol. The number of carboxylic acid groups (broad SMARTS) is 1. The molecule has 2 rings (SSSR count). The number of carboxylic acids is 1. The lowest BCUT2D eigenvalue weighted by Crippen LogP contribution is -2.31. The van der Waals surface area contributed by atoms with Crippen LogP contribution in [-0.4, -0.2) is 24.2 Å². The number of halogens is 1. The van der Waals surface area contributed by atoms with E-state index in [1.807, 2.05) is 0 Å². The van der Waals surface area contributed by atoms with E-state index in [0.29, 0.717) is 5.92 Å². The van der Waals surface area contributed by atoms with Gasteiger partial charge in [0.15, 0.2) is 0 Å². The predicted octanol–water partition coefficient (Wildman–Crippen LogP) is 2.38. The molecular formula is C14H18FNO2. The van der Waals surface area contributed by atoms with Crippen molar-refractivity contribution in [2.45, 2.75) is 25.2 Å². The largest absolute Gasteiger partial charge is 0.481 e. The molecule has 1 aliphatic rings. The summed E-state index contributed by atoms with van der Waals surface area (Å²) in [6.45, 7) is 1.87. The predicted molar refractivity (Wildman–Crippen MR) is 67.0 cm³/mol. The molecule has 1 heterocycles. The SMILES string of the molecule is O=C(O)C[C@H](c1ccc(F)cc1)C1CCNCC1. The van der Waals surface area contributed by atoms with Crippen LogP contribution in [0, 0.1) is 11.7 Å². The number of hydrogen-bond acceptors (Lipinski definition) is 2. The van der Waals surface area contributed by atoms with Crippen molar-refractivity contribution in [1.82, 2.24) is 5.32 Å². The van der Waals surface area contributed by atoms with Gasteiger partial charge >= 0.3 is 5.97 Å². The number of rotatable bonds is 4. The van der Waals surface area contributed by atoms with E-state index in [1.54, 1.807) is 12.1 Å². The molecule has 0 aliphatic carbocycles. The van der Waals surface area contributed by atoms with Crippen molar-refractivity contribution < 1.29 is 14.3 Å². The lowest BCUT2D eigenvalue weighted by molar-refractivity contribution is -0.137. The highest BCUT2D eigenvalue weighted by atomic mass is 19.1. The van der Waals surface area contributed by atoms with Crippen molar-refractivity contribution in [3.63, 3.8) is 0 Å². The molecule has 1 atom stereocenters. The molecule has 1 aromatic carbocycles. The van der Waals surface area contributed by atoms with Crippen LogP contribution in [0.4, 0.5) is 4.39 Å². The number of piperidine rings is 1. The van der Waals surface area contributed by atoms with Crippen LogP contribution in [0.5, 0.6) is 0 Å². The Hall–Kier alpha value is -1.42. The summed E-state index contributed by atoms with van der Waals surface area (Å²) in [5.74, 6) is -0.709. The third-order valence-electron chi connectivity index (χ3n) is 3.65. The van der Waals surface area contributed by atoms with E-state index in [9.17, 15) is 9.18 Å². The molecule has 18 heavy (non-hydrogen) atoms. The first-order chi connectivity index (χ1) is 8.66. The first kappa shape index (κ1) is 13.0. The molecule has 0 aromatic heterocycles. The summed E-state index contributed by atoms with van der Waals surface area (Å²) in [5, 5.41) is 12.3. The van der Waals surface area contributed by atoms with E-state index in [1.165, 1.54) is 12.1 Å². The Labute approximate surface area is 106 Å². The normalized spacial score (nSPS) is 18.5. The van der Waals surface area contributed by atoms with Gasteiger partial charge in [0.2, 0.25) is 0 Å². The van der Waals surface area contributed by atoms with Gasteiger partial charge in [-0.25, -0.2) is 4.39 Å². The Morgan fingerprint density at radius 2 is 1.94 bits per heavy atom. The summed E-state index contributed by atoms with van der Waals surface area (Å²) in [7, 11) is 0. The van der Waals surface area contributed by atoms with E-state index in [0.717, 1.165) is 31.5 Å². The van der Waals surface area contributed by atoms with E-state index >= 15 is 0 Å². The van der Waals surface area contributed by atoms with Gasteiger partial charge < -0.3 is 10.4 Å². The van der Waals surface area contributed by atoms with Gasteiger partial charge in [0.1, 0.15) is 5.82 Å². The number of aliphatic carboxylic acids is 1. The van der Waals surface area contributed by atoms with E-state index in [-0.39, 0.29) is 18.2 Å². The Bertz CT molecular complexity index is 399. The molecule has 2 N–H and O–H groups in total. The Morgan fingerprint density at radius 3 is 2.50 bits per heavy atom. The van der Waals surface area contributed by atoms with Gasteiger partial charge in [0.25, 0.3) is 0 Å². The van der Waals surface area contributed by atoms with Gasteiger partial charge in [-0.2, -0.15) is 0 Å². The lowest BCUT2D eigenvalue weighted by Gasteiger charge is -2.30. The standard InChI is InChI=1S/C14H18FNO2/c15-12-3-1-10(2-4-12)13(9-14(17)18)11-5-7-16-8-6-11/h1-4,11,13,16H,5-9H2,(H,17,18)/t13-/m1/s1. The average molecular weight is 251 g/mol.